The molecule has 0 heterocycles. The molecule has 0 atom stereocenters. The Balaban J connectivity index is 1.60. The maximum atomic E-state index is 13.6. The molecule has 0 fully saturated rings. The average molecular weight is 368 g/mol. The normalized spacial score (nSPS) is 10.5. The Kier molecular flexibility index (Phi) is 7.40. The van der Waals surface area contributed by atoms with Crippen LogP contribution in [0.2, 0.25) is 5.02 Å². The maximum Gasteiger partial charge on any atom is 0.230 e. The van der Waals surface area contributed by atoms with Crippen molar-refractivity contribution in [2.75, 3.05) is 18.9 Å². The van der Waals surface area contributed by atoms with Crippen molar-refractivity contribution in [3.8, 4) is 5.75 Å². The highest BCUT2D eigenvalue weighted by molar-refractivity contribution is 7.99. The van der Waals surface area contributed by atoms with Crippen molar-refractivity contribution in [3.05, 3.63) is 64.4 Å². The molecule has 128 valence electrons. The molecule has 2 rings (SSSR count). The molecule has 0 saturated heterocycles. The minimum atomic E-state index is -0.345. The molecule has 0 unspecified atom stereocenters. The summed E-state index contributed by atoms with van der Waals surface area (Å²) >= 11 is 7.06. The minimum Gasteiger partial charge on any atom is -0.492 e. The van der Waals surface area contributed by atoms with Gasteiger partial charge in [-0.15, -0.1) is 11.8 Å². The molecule has 24 heavy (non-hydrogen) atoms. The first kappa shape index (κ1) is 18.6. The lowest BCUT2D eigenvalue weighted by Crippen LogP contribution is -2.29. The number of benzene rings is 2. The molecule has 3 nitrogen and oxygen atoms in total. The number of nitrogens with one attached hydrogen (secondary N) is 1. The zero-order valence-corrected chi connectivity index (χ0v) is 14.9. The van der Waals surface area contributed by atoms with Crippen LogP contribution in [0.5, 0.6) is 5.75 Å². The summed E-state index contributed by atoms with van der Waals surface area (Å²) in [5.41, 5.74) is 1.71. The second-order valence-electron chi connectivity index (χ2n) is 5.24. The first-order valence-corrected chi connectivity index (χ1v) is 9.05. The number of hydrogen-bond donors (Lipinski definition) is 1. The third-order valence-corrected chi connectivity index (χ3v) is 4.44. The van der Waals surface area contributed by atoms with E-state index in [9.17, 15) is 9.18 Å². The Morgan fingerprint density at radius 1 is 1.25 bits per heavy atom. The fourth-order valence-corrected chi connectivity index (χ4v) is 2.94. The summed E-state index contributed by atoms with van der Waals surface area (Å²) in [4.78, 5) is 11.7. The Morgan fingerprint density at radius 3 is 2.71 bits per heavy atom. The summed E-state index contributed by atoms with van der Waals surface area (Å²) < 4.78 is 19.1. The van der Waals surface area contributed by atoms with Gasteiger partial charge in [-0.05, 0) is 36.8 Å². The second kappa shape index (κ2) is 9.55. The van der Waals surface area contributed by atoms with Gasteiger partial charge in [0.2, 0.25) is 5.91 Å². The average Bonchev–Trinajstić information content (AvgIpc) is 2.55. The van der Waals surface area contributed by atoms with Crippen LogP contribution < -0.4 is 10.1 Å². The molecular formula is C18H19ClFNO2S. The molecule has 0 bridgehead atoms. The molecule has 0 aliphatic carbocycles. The van der Waals surface area contributed by atoms with Crippen LogP contribution in [0, 0.1) is 12.7 Å². The standard InChI is InChI=1S/C18H19ClFNO2S/c1-13-2-6-16(7-3-13)23-9-8-21-18(22)12-24-11-14-4-5-15(19)10-17(14)20/h2-7,10H,8-9,11-12H2,1H3,(H,21,22). The van der Waals surface area contributed by atoms with Crippen molar-refractivity contribution in [3.63, 3.8) is 0 Å². The lowest BCUT2D eigenvalue weighted by Gasteiger charge is -2.08. The summed E-state index contributed by atoms with van der Waals surface area (Å²) in [6.07, 6.45) is 0. The Bertz CT molecular complexity index is 679. The van der Waals surface area contributed by atoms with E-state index in [2.05, 4.69) is 5.32 Å². The largest absolute Gasteiger partial charge is 0.492 e. The Hall–Kier alpha value is -1.72. The van der Waals surface area contributed by atoms with E-state index in [-0.39, 0.29) is 17.5 Å². The van der Waals surface area contributed by atoms with E-state index in [1.54, 1.807) is 12.1 Å². The van der Waals surface area contributed by atoms with Crippen molar-refractivity contribution < 1.29 is 13.9 Å². The number of amides is 1. The molecular weight excluding hydrogens is 349 g/mol. The molecule has 0 aromatic heterocycles. The molecule has 2 aromatic rings. The van der Waals surface area contributed by atoms with E-state index >= 15 is 0 Å². The van der Waals surface area contributed by atoms with Gasteiger partial charge in [0, 0.05) is 10.8 Å². The van der Waals surface area contributed by atoms with Crippen molar-refractivity contribution >= 4 is 29.3 Å². The highest BCUT2D eigenvalue weighted by Crippen LogP contribution is 2.19. The quantitative estimate of drug-likeness (QED) is 0.710. The van der Waals surface area contributed by atoms with Gasteiger partial charge in [0.25, 0.3) is 0 Å². The van der Waals surface area contributed by atoms with Gasteiger partial charge in [0.15, 0.2) is 0 Å². The van der Waals surface area contributed by atoms with E-state index in [1.165, 1.54) is 23.4 Å². The smallest absolute Gasteiger partial charge is 0.230 e. The number of carbonyl (C=O) groups excluding carboxylic acids is 1. The Labute approximate surface area is 150 Å². The number of thioether (sulfide) groups is 1. The highest BCUT2D eigenvalue weighted by atomic mass is 35.5. The number of carbonyl (C=O) groups is 1. The predicted octanol–water partition coefficient (Wildman–Crippen LogP) is 4.22. The van der Waals surface area contributed by atoms with Gasteiger partial charge in [0.1, 0.15) is 18.2 Å². The summed E-state index contributed by atoms with van der Waals surface area (Å²) in [6, 6.07) is 12.3. The van der Waals surface area contributed by atoms with Crippen LogP contribution in [0.25, 0.3) is 0 Å². The fraction of sp³-hybridized carbons (Fsp3) is 0.278. The van der Waals surface area contributed by atoms with Crippen LogP contribution in [0.15, 0.2) is 42.5 Å². The van der Waals surface area contributed by atoms with Gasteiger partial charge in [-0.2, -0.15) is 0 Å². The van der Waals surface area contributed by atoms with Gasteiger partial charge in [0.05, 0.1) is 12.3 Å². The van der Waals surface area contributed by atoms with Gasteiger partial charge in [-0.1, -0.05) is 35.4 Å². The third kappa shape index (κ3) is 6.42. The number of ether oxygens (including phenoxy) is 1. The van der Waals surface area contributed by atoms with E-state index in [4.69, 9.17) is 16.3 Å². The van der Waals surface area contributed by atoms with E-state index in [1.807, 2.05) is 31.2 Å². The zero-order chi connectivity index (χ0) is 17.4. The summed E-state index contributed by atoms with van der Waals surface area (Å²) in [7, 11) is 0. The van der Waals surface area contributed by atoms with E-state index < -0.39 is 0 Å². The minimum absolute atomic E-state index is 0.0955. The zero-order valence-electron chi connectivity index (χ0n) is 13.4. The molecule has 6 heteroatoms. The molecule has 0 spiro atoms. The second-order valence-corrected chi connectivity index (χ2v) is 6.66. The molecule has 0 aliphatic heterocycles. The monoisotopic (exact) mass is 367 g/mol. The van der Waals surface area contributed by atoms with E-state index in [0.29, 0.717) is 29.5 Å². The SMILES string of the molecule is Cc1ccc(OCCNC(=O)CSCc2ccc(Cl)cc2F)cc1. The van der Waals surface area contributed by atoms with Gasteiger partial charge in [-0.3, -0.25) is 4.79 Å². The molecule has 1 amide bonds. The number of halogens is 2. The van der Waals surface area contributed by atoms with Crippen LogP contribution in [0.3, 0.4) is 0 Å². The van der Waals surface area contributed by atoms with E-state index in [0.717, 1.165) is 5.75 Å². The molecule has 0 aliphatic rings. The van der Waals surface area contributed by atoms with Crippen molar-refractivity contribution in [1.29, 1.82) is 0 Å². The van der Waals surface area contributed by atoms with Crippen LogP contribution >= 0.6 is 23.4 Å². The predicted molar refractivity (Wildman–Crippen MR) is 97.3 cm³/mol. The fourth-order valence-electron chi connectivity index (χ4n) is 1.94. The van der Waals surface area contributed by atoms with Crippen molar-refractivity contribution in [2.24, 2.45) is 0 Å². The number of rotatable bonds is 8. The lowest BCUT2D eigenvalue weighted by molar-refractivity contribution is -0.118. The topological polar surface area (TPSA) is 38.3 Å². The van der Waals surface area contributed by atoms with Crippen molar-refractivity contribution in [1.82, 2.24) is 5.32 Å². The maximum absolute atomic E-state index is 13.6. The van der Waals surface area contributed by atoms with Gasteiger partial charge in [-0.25, -0.2) is 4.39 Å². The lowest BCUT2D eigenvalue weighted by atomic mass is 10.2. The number of hydrogen-bond acceptors (Lipinski definition) is 3. The molecule has 2 aromatic carbocycles. The molecule has 0 saturated carbocycles. The highest BCUT2D eigenvalue weighted by Gasteiger charge is 2.06. The first-order valence-electron chi connectivity index (χ1n) is 7.52. The molecule has 1 N–H and O–H groups in total. The van der Waals surface area contributed by atoms with Crippen LogP contribution in [-0.2, 0) is 10.5 Å². The first-order chi connectivity index (χ1) is 11.5. The summed E-state index contributed by atoms with van der Waals surface area (Å²) in [6.45, 7) is 2.85. The molecule has 0 radical (unpaired) electrons. The third-order valence-electron chi connectivity index (χ3n) is 3.22. The Morgan fingerprint density at radius 2 is 2.00 bits per heavy atom. The van der Waals surface area contributed by atoms with Crippen LogP contribution in [0.1, 0.15) is 11.1 Å². The number of aryl methyl sites for hydroxylation is 1. The van der Waals surface area contributed by atoms with Crippen molar-refractivity contribution in [2.45, 2.75) is 12.7 Å². The van der Waals surface area contributed by atoms with Crippen LogP contribution in [0.4, 0.5) is 4.39 Å². The summed E-state index contributed by atoms with van der Waals surface area (Å²) in [5.74, 6) is 1.04. The van der Waals surface area contributed by atoms with Crippen LogP contribution in [-0.4, -0.2) is 24.8 Å². The van der Waals surface area contributed by atoms with Gasteiger partial charge < -0.3 is 10.1 Å². The van der Waals surface area contributed by atoms with Gasteiger partial charge >= 0.3 is 0 Å². The summed E-state index contributed by atoms with van der Waals surface area (Å²) in [5, 5.41) is 3.14.